The van der Waals surface area contributed by atoms with Crippen molar-refractivity contribution in [3.63, 3.8) is 0 Å². The molecule has 0 aliphatic rings. The summed E-state index contributed by atoms with van der Waals surface area (Å²) in [7, 11) is 0. The lowest BCUT2D eigenvalue weighted by molar-refractivity contribution is -0.140. The fourth-order valence-electron chi connectivity index (χ4n) is 1.50. The zero-order valence-electron chi connectivity index (χ0n) is 11.2. The van der Waals surface area contributed by atoms with Crippen molar-refractivity contribution in [3.05, 3.63) is 17.5 Å². The van der Waals surface area contributed by atoms with Crippen LogP contribution in [0.25, 0.3) is 0 Å². The van der Waals surface area contributed by atoms with Gasteiger partial charge in [-0.25, -0.2) is 4.79 Å². The van der Waals surface area contributed by atoms with Gasteiger partial charge in [-0.1, -0.05) is 6.92 Å². The minimum atomic E-state index is -0.921. The summed E-state index contributed by atoms with van der Waals surface area (Å²) < 4.78 is 0. The third-order valence-electron chi connectivity index (χ3n) is 2.83. The molecule has 19 heavy (non-hydrogen) atoms. The van der Waals surface area contributed by atoms with Crippen molar-refractivity contribution < 1.29 is 14.7 Å². The van der Waals surface area contributed by atoms with Crippen molar-refractivity contribution in [2.24, 2.45) is 5.92 Å². The van der Waals surface area contributed by atoms with Crippen LogP contribution in [0.15, 0.2) is 6.20 Å². The van der Waals surface area contributed by atoms with E-state index in [0.29, 0.717) is 6.54 Å². The van der Waals surface area contributed by atoms with E-state index in [0.717, 1.165) is 24.1 Å². The number of aryl methyl sites for hydroxylation is 2. The largest absolute Gasteiger partial charge is 0.481 e. The van der Waals surface area contributed by atoms with Gasteiger partial charge in [0.25, 0.3) is 0 Å². The molecule has 0 radical (unpaired) electrons. The van der Waals surface area contributed by atoms with Gasteiger partial charge in [0.2, 0.25) is 0 Å². The van der Waals surface area contributed by atoms with Crippen LogP contribution in [0.1, 0.15) is 24.6 Å². The normalized spacial score (nSPS) is 11.9. The molecule has 0 aromatic carbocycles. The fourth-order valence-corrected chi connectivity index (χ4v) is 1.50. The number of hydrogen-bond acceptors (Lipinski definition) is 3. The van der Waals surface area contributed by atoms with Crippen LogP contribution in [0.2, 0.25) is 0 Å². The summed E-state index contributed by atoms with van der Waals surface area (Å²) in [5.41, 5.74) is 2.18. The molecule has 7 nitrogen and oxygen atoms in total. The summed E-state index contributed by atoms with van der Waals surface area (Å²) in [6.45, 7) is 4.17. The van der Waals surface area contributed by atoms with Gasteiger partial charge in [0.15, 0.2) is 0 Å². The van der Waals surface area contributed by atoms with Gasteiger partial charge in [0.1, 0.15) is 0 Å². The number of urea groups is 1. The van der Waals surface area contributed by atoms with Crippen molar-refractivity contribution in [3.8, 4) is 0 Å². The molecule has 7 heteroatoms. The Kier molecular flexibility index (Phi) is 5.84. The molecule has 0 aliphatic heterocycles. The lowest BCUT2D eigenvalue weighted by Gasteiger charge is -2.09. The maximum Gasteiger partial charge on any atom is 0.314 e. The number of rotatable bonds is 7. The fraction of sp³-hybridized carbons (Fsp3) is 0.583. The van der Waals surface area contributed by atoms with Gasteiger partial charge < -0.3 is 15.7 Å². The number of aromatic amines is 1. The highest BCUT2D eigenvalue weighted by Crippen LogP contribution is 2.04. The molecule has 0 spiro atoms. The lowest BCUT2D eigenvalue weighted by Crippen LogP contribution is -2.39. The van der Waals surface area contributed by atoms with Crippen molar-refractivity contribution in [2.45, 2.75) is 26.7 Å². The average molecular weight is 268 g/mol. The molecular formula is C12H20N4O3. The molecule has 2 amide bonds. The highest BCUT2D eigenvalue weighted by molar-refractivity contribution is 5.75. The number of carboxylic acids is 1. The summed E-state index contributed by atoms with van der Waals surface area (Å²) in [6.07, 6.45) is 3.43. The van der Waals surface area contributed by atoms with Gasteiger partial charge in [-0.15, -0.1) is 0 Å². The third-order valence-corrected chi connectivity index (χ3v) is 2.83. The minimum absolute atomic E-state index is 0.127. The highest BCUT2D eigenvalue weighted by atomic mass is 16.4. The molecule has 1 aromatic rings. The Morgan fingerprint density at radius 2 is 2.21 bits per heavy atom. The molecule has 1 atom stereocenters. The number of nitrogens with one attached hydrogen (secondary N) is 3. The van der Waals surface area contributed by atoms with Gasteiger partial charge in [-0.05, 0) is 25.3 Å². The third kappa shape index (κ3) is 5.41. The maximum atomic E-state index is 11.4. The van der Waals surface area contributed by atoms with Crippen molar-refractivity contribution >= 4 is 12.0 Å². The summed E-state index contributed by atoms with van der Waals surface area (Å²) in [6, 6.07) is -0.336. The monoisotopic (exact) mass is 268 g/mol. The van der Waals surface area contributed by atoms with Crippen LogP contribution in [-0.4, -0.2) is 40.4 Å². The van der Waals surface area contributed by atoms with E-state index >= 15 is 0 Å². The number of amides is 2. The number of carboxylic acid groups (broad SMARTS) is 1. The number of hydrogen-bond donors (Lipinski definition) is 4. The number of nitrogens with zero attached hydrogens (tertiary/aromatic N) is 1. The zero-order valence-corrected chi connectivity index (χ0v) is 11.2. The molecule has 0 saturated carbocycles. The molecule has 1 rings (SSSR count). The SMILES string of the molecule is Cc1[nH]ncc1CCCNC(=O)NCC(C)C(=O)O. The summed E-state index contributed by atoms with van der Waals surface area (Å²) in [4.78, 5) is 21.9. The Balaban J connectivity index is 2.11. The Labute approximate surface area is 111 Å². The highest BCUT2D eigenvalue weighted by Gasteiger charge is 2.11. The standard InChI is InChI=1S/C12H20N4O3/c1-8(11(17)18)6-14-12(19)13-5-3-4-10-7-15-16-9(10)2/h7-8H,3-6H2,1-2H3,(H,15,16)(H,17,18)(H2,13,14,19). The van der Waals surface area contributed by atoms with Gasteiger partial charge in [-0.3, -0.25) is 9.89 Å². The van der Waals surface area contributed by atoms with E-state index < -0.39 is 11.9 Å². The Morgan fingerprint density at radius 3 is 2.79 bits per heavy atom. The van der Waals surface area contributed by atoms with E-state index in [1.807, 2.05) is 6.92 Å². The summed E-state index contributed by atoms with van der Waals surface area (Å²) in [5.74, 6) is -1.50. The molecule has 106 valence electrons. The Morgan fingerprint density at radius 1 is 1.47 bits per heavy atom. The smallest absolute Gasteiger partial charge is 0.314 e. The molecule has 1 aromatic heterocycles. The van der Waals surface area contributed by atoms with Gasteiger partial charge in [-0.2, -0.15) is 5.10 Å². The molecule has 0 bridgehead atoms. The number of carbonyl (C=O) groups is 2. The second kappa shape index (κ2) is 7.40. The Hall–Kier alpha value is -2.05. The van der Waals surface area contributed by atoms with E-state index in [1.165, 1.54) is 0 Å². The minimum Gasteiger partial charge on any atom is -0.481 e. The van der Waals surface area contributed by atoms with E-state index in [1.54, 1.807) is 13.1 Å². The Bertz CT molecular complexity index is 430. The number of aromatic nitrogens is 2. The first-order chi connectivity index (χ1) is 9.00. The van der Waals surface area contributed by atoms with Crippen LogP contribution in [0.5, 0.6) is 0 Å². The van der Waals surface area contributed by atoms with Crippen molar-refractivity contribution in [1.82, 2.24) is 20.8 Å². The number of carbonyl (C=O) groups excluding carboxylic acids is 1. The average Bonchev–Trinajstić information content (AvgIpc) is 2.77. The summed E-state index contributed by atoms with van der Waals surface area (Å²) >= 11 is 0. The molecule has 4 N–H and O–H groups in total. The quantitative estimate of drug-likeness (QED) is 0.545. The predicted octanol–water partition coefficient (Wildman–Crippen LogP) is 0.671. The van der Waals surface area contributed by atoms with Crippen LogP contribution in [0.3, 0.4) is 0 Å². The first-order valence-corrected chi connectivity index (χ1v) is 6.24. The van der Waals surface area contributed by atoms with Gasteiger partial charge >= 0.3 is 12.0 Å². The van der Waals surface area contributed by atoms with Crippen molar-refractivity contribution in [2.75, 3.05) is 13.1 Å². The van der Waals surface area contributed by atoms with Crippen LogP contribution in [0.4, 0.5) is 4.79 Å². The molecule has 0 saturated heterocycles. The van der Waals surface area contributed by atoms with Crippen LogP contribution >= 0.6 is 0 Å². The first kappa shape index (κ1) is 15.0. The van der Waals surface area contributed by atoms with Crippen LogP contribution in [-0.2, 0) is 11.2 Å². The molecule has 1 unspecified atom stereocenters. The zero-order chi connectivity index (χ0) is 14.3. The van der Waals surface area contributed by atoms with Gasteiger partial charge in [0, 0.05) is 18.8 Å². The van der Waals surface area contributed by atoms with Crippen LogP contribution in [0, 0.1) is 12.8 Å². The maximum absolute atomic E-state index is 11.4. The number of aliphatic carboxylic acids is 1. The van der Waals surface area contributed by atoms with Crippen molar-refractivity contribution in [1.29, 1.82) is 0 Å². The van der Waals surface area contributed by atoms with E-state index in [-0.39, 0.29) is 12.6 Å². The molecule has 0 aliphatic carbocycles. The molecule has 1 heterocycles. The second-order valence-corrected chi connectivity index (χ2v) is 4.50. The second-order valence-electron chi connectivity index (χ2n) is 4.50. The van der Waals surface area contributed by atoms with Gasteiger partial charge in [0.05, 0.1) is 12.1 Å². The predicted molar refractivity (Wildman–Crippen MR) is 69.8 cm³/mol. The van der Waals surface area contributed by atoms with E-state index in [2.05, 4.69) is 20.8 Å². The van der Waals surface area contributed by atoms with E-state index in [9.17, 15) is 9.59 Å². The molecular weight excluding hydrogens is 248 g/mol. The lowest BCUT2D eigenvalue weighted by atomic mass is 10.1. The first-order valence-electron chi connectivity index (χ1n) is 6.24. The topological polar surface area (TPSA) is 107 Å². The van der Waals surface area contributed by atoms with Crippen LogP contribution < -0.4 is 10.6 Å². The van der Waals surface area contributed by atoms with E-state index in [4.69, 9.17) is 5.11 Å². The summed E-state index contributed by atoms with van der Waals surface area (Å²) in [5, 5.41) is 20.6. The number of H-pyrrole nitrogens is 1. The molecule has 0 fully saturated rings.